The maximum atomic E-state index is 2.47. The van der Waals surface area contributed by atoms with Crippen molar-refractivity contribution in [2.45, 2.75) is 73.1 Å². The molecule has 0 aliphatic carbocycles. The second-order valence-electron chi connectivity index (χ2n) is 8.17. The maximum Gasteiger partial charge on any atom is 0.0489 e. The molecule has 0 nitrogen and oxygen atoms in total. The molecule has 0 spiro atoms. The van der Waals surface area contributed by atoms with Crippen molar-refractivity contribution in [1.82, 2.24) is 0 Å². The molecule has 25 heavy (non-hydrogen) atoms. The summed E-state index contributed by atoms with van der Waals surface area (Å²) in [4.78, 5) is 1.49. The summed E-state index contributed by atoms with van der Waals surface area (Å²) in [6, 6.07) is 4.94. The van der Waals surface area contributed by atoms with Crippen LogP contribution >= 0.6 is 22.7 Å². The fourth-order valence-electron chi connectivity index (χ4n) is 3.56. The van der Waals surface area contributed by atoms with E-state index in [0.717, 1.165) is 0 Å². The lowest BCUT2D eigenvalue weighted by atomic mass is 9.83. The van der Waals surface area contributed by atoms with Crippen molar-refractivity contribution >= 4 is 32.1 Å². The fourth-order valence-corrected chi connectivity index (χ4v) is 6.19. The average Bonchev–Trinajstić information content (AvgIpc) is 3.06. The average molecular weight is 371 g/mol. The van der Waals surface area contributed by atoms with E-state index in [4.69, 9.17) is 0 Å². The molecule has 134 valence electrons. The van der Waals surface area contributed by atoms with Gasteiger partial charge in [-0.15, -0.1) is 22.7 Å². The minimum atomic E-state index is 0.534. The molecule has 0 aliphatic heterocycles. The number of thiophene rings is 2. The van der Waals surface area contributed by atoms with Crippen LogP contribution in [0.25, 0.3) is 19.8 Å². The summed E-state index contributed by atoms with van der Waals surface area (Å²) >= 11 is 3.90. The van der Waals surface area contributed by atoms with Crippen molar-refractivity contribution < 1.29 is 0 Å². The first-order chi connectivity index (χ1) is 11.7. The lowest BCUT2D eigenvalue weighted by molar-refractivity contribution is 0.808. The third kappa shape index (κ3) is 3.19. The van der Waals surface area contributed by atoms with E-state index in [-0.39, 0.29) is 0 Å². The van der Waals surface area contributed by atoms with E-state index in [2.05, 4.69) is 72.9 Å². The van der Waals surface area contributed by atoms with Crippen LogP contribution in [-0.4, -0.2) is 0 Å². The molecule has 3 aromatic rings. The van der Waals surface area contributed by atoms with Crippen LogP contribution in [0.3, 0.4) is 0 Å². The molecule has 3 rings (SSSR count). The zero-order valence-corrected chi connectivity index (χ0v) is 18.4. The minimum absolute atomic E-state index is 0.534. The SMILES string of the molecule is Cc1csc2c(C)c(-c3c(C(C)C)cc(C(C)C)cc3C(C)C)sc12. The first kappa shape index (κ1) is 18.7. The quantitative estimate of drug-likeness (QED) is 0.431. The predicted octanol–water partition coefficient (Wildman–Crippen LogP) is 8.62. The van der Waals surface area contributed by atoms with Gasteiger partial charge in [0, 0.05) is 14.3 Å². The molecule has 0 atom stereocenters. The van der Waals surface area contributed by atoms with Crippen LogP contribution < -0.4 is 0 Å². The highest BCUT2D eigenvalue weighted by atomic mass is 32.1. The molecule has 1 aromatic carbocycles. The van der Waals surface area contributed by atoms with Crippen molar-refractivity contribution in [2.24, 2.45) is 0 Å². The van der Waals surface area contributed by atoms with Gasteiger partial charge in [-0.3, -0.25) is 0 Å². The van der Waals surface area contributed by atoms with Gasteiger partial charge >= 0.3 is 0 Å². The molecule has 0 saturated heterocycles. The van der Waals surface area contributed by atoms with Crippen LogP contribution in [-0.2, 0) is 0 Å². The second-order valence-corrected chi connectivity index (χ2v) is 10.1. The van der Waals surface area contributed by atoms with E-state index in [1.54, 1.807) is 0 Å². The Labute approximate surface area is 160 Å². The monoisotopic (exact) mass is 370 g/mol. The lowest BCUT2D eigenvalue weighted by Crippen LogP contribution is -2.03. The van der Waals surface area contributed by atoms with Crippen LogP contribution in [0.4, 0.5) is 0 Å². The summed E-state index contributed by atoms with van der Waals surface area (Å²) in [5.74, 6) is 1.64. The number of aryl methyl sites for hydroxylation is 2. The van der Waals surface area contributed by atoms with Gasteiger partial charge < -0.3 is 0 Å². The third-order valence-corrected chi connectivity index (χ3v) is 7.95. The normalized spacial score (nSPS) is 12.3. The molecule has 0 fully saturated rings. The Morgan fingerprint density at radius 2 is 1.32 bits per heavy atom. The van der Waals surface area contributed by atoms with Crippen molar-refractivity contribution in [1.29, 1.82) is 0 Å². The van der Waals surface area contributed by atoms with Gasteiger partial charge in [-0.25, -0.2) is 0 Å². The van der Waals surface area contributed by atoms with Crippen molar-refractivity contribution in [3.63, 3.8) is 0 Å². The summed E-state index contributed by atoms with van der Waals surface area (Å²) in [6.45, 7) is 18.5. The van der Waals surface area contributed by atoms with E-state index in [1.165, 1.54) is 47.7 Å². The third-order valence-electron chi connectivity index (χ3n) is 5.16. The van der Waals surface area contributed by atoms with E-state index < -0.39 is 0 Å². The smallest absolute Gasteiger partial charge is 0.0489 e. The minimum Gasteiger partial charge on any atom is -0.142 e. The molecule has 2 heterocycles. The second kappa shape index (κ2) is 6.89. The molecule has 0 radical (unpaired) electrons. The van der Waals surface area contributed by atoms with E-state index >= 15 is 0 Å². The standard InChI is InChI=1S/C23H30S2/c1-12(2)17-9-18(13(3)4)20(19(10-17)14(5)6)22-16(8)23-21(25-22)15(7)11-24-23/h9-14H,1-8H3. The zero-order valence-electron chi connectivity index (χ0n) is 16.8. The molecular formula is C23H30S2. The van der Waals surface area contributed by atoms with Crippen LogP contribution in [0.5, 0.6) is 0 Å². The van der Waals surface area contributed by atoms with Gasteiger partial charge in [-0.2, -0.15) is 0 Å². The largest absolute Gasteiger partial charge is 0.142 e. The Morgan fingerprint density at radius 3 is 1.76 bits per heavy atom. The highest BCUT2D eigenvalue weighted by molar-refractivity contribution is 7.29. The topological polar surface area (TPSA) is 0 Å². The summed E-state index contributed by atoms with van der Waals surface area (Å²) in [6.07, 6.45) is 0. The number of hydrogen-bond acceptors (Lipinski definition) is 2. The lowest BCUT2D eigenvalue weighted by Gasteiger charge is -2.23. The summed E-state index contributed by atoms with van der Waals surface area (Å²) in [5, 5.41) is 2.30. The molecule has 0 aliphatic rings. The molecule has 0 saturated carbocycles. The van der Waals surface area contributed by atoms with Crippen molar-refractivity contribution in [2.75, 3.05) is 0 Å². The fraction of sp³-hybridized carbons (Fsp3) is 0.478. The summed E-state index contributed by atoms with van der Waals surface area (Å²) < 4.78 is 2.96. The maximum absolute atomic E-state index is 2.47. The summed E-state index contributed by atoms with van der Waals surface area (Å²) in [5.41, 5.74) is 8.92. The van der Waals surface area contributed by atoms with Gasteiger partial charge in [0.15, 0.2) is 0 Å². The van der Waals surface area contributed by atoms with Gasteiger partial charge in [0.1, 0.15) is 0 Å². The molecule has 0 amide bonds. The highest BCUT2D eigenvalue weighted by Gasteiger charge is 2.22. The molecule has 2 aromatic heterocycles. The number of hydrogen-bond donors (Lipinski definition) is 0. The first-order valence-corrected chi connectivity index (χ1v) is 11.1. The Balaban J connectivity index is 2.37. The van der Waals surface area contributed by atoms with Gasteiger partial charge in [0.2, 0.25) is 0 Å². The first-order valence-electron chi connectivity index (χ1n) is 9.37. The highest BCUT2D eigenvalue weighted by Crippen LogP contribution is 2.47. The van der Waals surface area contributed by atoms with Gasteiger partial charge in [-0.05, 0) is 70.4 Å². The molecular weight excluding hydrogens is 340 g/mol. The van der Waals surface area contributed by atoms with Gasteiger partial charge in [0.05, 0.1) is 0 Å². The zero-order chi connectivity index (χ0) is 18.5. The number of rotatable bonds is 4. The van der Waals surface area contributed by atoms with Gasteiger partial charge in [-0.1, -0.05) is 53.7 Å². The van der Waals surface area contributed by atoms with Crippen LogP contribution in [0.15, 0.2) is 17.5 Å². The predicted molar refractivity (Wildman–Crippen MR) is 117 cm³/mol. The molecule has 2 heteroatoms. The molecule has 0 unspecified atom stereocenters. The van der Waals surface area contributed by atoms with Gasteiger partial charge in [0.25, 0.3) is 0 Å². The Hall–Kier alpha value is -1.12. The van der Waals surface area contributed by atoms with E-state index in [9.17, 15) is 0 Å². The Kier molecular flexibility index (Phi) is 5.14. The van der Waals surface area contributed by atoms with Crippen molar-refractivity contribution in [3.8, 4) is 10.4 Å². The van der Waals surface area contributed by atoms with Crippen LogP contribution in [0.2, 0.25) is 0 Å². The van der Waals surface area contributed by atoms with Crippen molar-refractivity contribution in [3.05, 3.63) is 45.3 Å². The Morgan fingerprint density at radius 1 is 0.760 bits per heavy atom. The van der Waals surface area contributed by atoms with E-state index in [1.807, 2.05) is 22.7 Å². The Bertz CT molecular complexity index is 875. The number of fused-ring (bicyclic) bond motifs is 1. The van der Waals surface area contributed by atoms with Crippen LogP contribution in [0, 0.1) is 13.8 Å². The summed E-state index contributed by atoms with van der Waals surface area (Å²) in [7, 11) is 0. The van der Waals surface area contributed by atoms with E-state index in [0.29, 0.717) is 17.8 Å². The molecule has 0 bridgehead atoms. The number of benzene rings is 1. The van der Waals surface area contributed by atoms with Crippen LogP contribution in [0.1, 0.15) is 87.1 Å². The molecule has 0 N–H and O–H groups in total.